The van der Waals surface area contributed by atoms with Crippen LogP contribution >= 0.6 is 0 Å². The van der Waals surface area contributed by atoms with Crippen molar-refractivity contribution in [3.8, 4) is 5.75 Å². The Hall–Kier alpha value is -1.10. The average Bonchev–Trinajstić information content (AvgIpc) is 2.08. The summed E-state index contributed by atoms with van der Waals surface area (Å²) in [7, 11) is 0. The Morgan fingerprint density at radius 1 is 1.23 bits per heavy atom. The van der Waals surface area contributed by atoms with Gasteiger partial charge in [0.2, 0.25) is 0 Å². The largest absolute Gasteiger partial charge is 0.471 e. The van der Waals surface area contributed by atoms with Gasteiger partial charge in [-0.2, -0.15) is 0 Å². The van der Waals surface area contributed by atoms with Crippen LogP contribution in [0.3, 0.4) is 0 Å². The first-order chi connectivity index (χ1) is 6.09. The van der Waals surface area contributed by atoms with E-state index in [0.717, 1.165) is 5.56 Å². The Morgan fingerprint density at radius 2 is 1.77 bits per heavy atom. The molecule has 2 unspecified atom stereocenters. The zero-order chi connectivity index (χ0) is 9.84. The predicted molar refractivity (Wildman–Crippen MR) is 50.0 cm³/mol. The smallest absolute Gasteiger partial charge is 0.187 e. The highest BCUT2D eigenvalue weighted by Gasteiger charge is 2.10. The van der Waals surface area contributed by atoms with Gasteiger partial charge in [0.1, 0.15) is 5.75 Å². The van der Waals surface area contributed by atoms with Gasteiger partial charge in [0.05, 0.1) is 0 Å². The molecule has 1 aromatic carbocycles. The van der Waals surface area contributed by atoms with Gasteiger partial charge in [-0.1, -0.05) is 17.7 Å². The van der Waals surface area contributed by atoms with Gasteiger partial charge in [-0.15, -0.1) is 0 Å². The first-order valence-corrected chi connectivity index (χ1v) is 4.02. The number of aryl methyl sites for hydroxylation is 1. The van der Waals surface area contributed by atoms with Crippen LogP contribution in [0.25, 0.3) is 0 Å². The van der Waals surface area contributed by atoms with Crippen molar-refractivity contribution in [2.45, 2.75) is 19.4 Å². The van der Waals surface area contributed by atoms with Gasteiger partial charge >= 0.3 is 0 Å². The van der Waals surface area contributed by atoms with Crippen molar-refractivity contribution >= 4 is 0 Å². The zero-order valence-corrected chi connectivity index (χ0v) is 7.47. The topological polar surface area (TPSA) is 81.5 Å². The molecule has 0 aromatic heterocycles. The molecular weight excluding hydrogens is 168 g/mol. The number of ether oxygens (including phenoxy) is 1. The van der Waals surface area contributed by atoms with E-state index in [1.165, 1.54) is 0 Å². The lowest BCUT2D eigenvalue weighted by Crippen LogP contribution is -2.45. The molecule has 0 saturated heterocycles. The summed E-state index contributed by atoms with van der Waals surface area (Å²) in [5.74, 6) is 0.600. The van der Waals surface area contributed by atoms with Crippen LogP contribution in [0.4, 0.5) is 0 Å². The van der Waals surface area contributed by atoms with Crippen molar-refractivity contribution in [1.29, 1.82) is 0 Å². The minimum atomic E-state index is -1.17. The van der Waals surface area contributed by atoms with Crippen molar-refractivity contribution in [2.24, 2.45) is 11.5 Å². The third kappa shape index (κ3) is 3.02. The van der Waals surface area contributed by atoms with Gasteiger partial charge in [-0.25, -0.2) is 0 Å². The van der Waals surface area contributed by atoms with Gasteiger partial charge in [-0.05, 0) is 19.1 Å². The third-order valence-corrected chi connectivity index (χ3v) is 1.63. The molecule has 5 N–H and O–H groups in total. The molecule has 0 fully saturated rings. The number of benzene rings is 1. The predicted octanol–water partition coefficient (Wildman–Crippen LogP) is -0.0643. The molecular formula is C9H14N2O2. The SMILES string of the molecule is Cc1ccc(OC(N)C(N)O)cc1. The number of nitrogens with two attached hydrogens (primary N) is 2. The summed E-state index contributed by atoms with van der Waals surface area (Å²) in [6, 6.07) is 7.34. The summed E-state index contributed by atoms with van der Waals surface area (Å²) in [6.07, 6.45) is -2.05. The lowest BCUT2D eigenvalue weighted by atomic mass is 10.2. The van der Waals surface area contributed by atoms with E-state index in [0.29, 0.717) is 5.75 Å². The van der Waals surface area contributed by atoms with E-state index in [2.05, 4.69) is 0 Å². The maximum Gasteiger partial charge on any atom is 0.187 e. The third-order valence-electron chi connectivity index (χ3n) is 1.63. The quantitative estimate of drug-likeness (QED) is 0.572. The van der Waals surface area contributed by atoms with Gasteiger partial charge in [0, 0.05) is 0 Å². The molecule has 2 atom stereocenters. The highest BCUT2D eigenvalue weighted by Crippen LogP contribution is 2.12. The Morgan fingerprint density at radius 3 is 2.23 bits per heavy atom. The number of hydrogen-bond donors (Lipinski definition) is 3. The van der Waals surface area contributed by atoms with Crippen molar-refractivity contribution < 1.29 is 9.84 Å². The van der Waals surface area contributed by atoms with Crippen molar-refractivity contribution in [2.75, 3.05) is 0 Å². The van der Waals surface area contributed by atoms with Gasteiger partial charge in [-0.3, -0.25) is 5.73 Å². The second-order valence-corrected chi connectivity index (χ2v) is 2.89. The van der Waals surface area contributed by atoms with Crippen molar-refractivity contribution in [3.05, 3.63) is 29.8 Å². The van der Waals surface area contributed by atoms with Gasteiger partial charge in [0.15, 0.2) is 12.5 Å². The fraction of sp³-hybridized carbons (Fsp3) is 0.333. The minimum Gasteiger partial charge on any atom is -0.471 e. The Balaban J connectivity index is 2.59. The van der Waals surface area contributed by atoms with E-state index in [9.17, 15) is 0 Å². The van der Waals surface area contributed by atoms with Crippen LogP contribution in [0.5, 0.6) is 5.75 Å². The molecule has 0 amide bonds. The molecule has 4 heteroatoms. The molecule has 0 radical (unpaired) electrons. The summed E-state index contributed by atoms with van der Waals surface area (Å²) >= 11 is 0. The van der Waals surface area contributed by atoms with Crippen LogP contribution < -0.4 is 16.2 Å². The maximum atomic E-state index is 8.86. The van der Waals surface area contributed by atoms with E-state index in [-0.39, 0.29) is 0 Å². The lowest BCUT2D eigenvalue weighted by molar-refractivity contribution is 0.0447. The molecule has 0 spiro atoms. The monoisotopic (exact) mass is 182 g/mol. The van der Waals surface area contributed by atoms with E-state index < -0.39 is 12.5 Å². The van der Waals surface area contributed by atoms with Crippen molar-refractivity contribution in [1.82, 2.24) is 0 Å². The molecule has 1 rings (SSSR count). The fourth-order valence-corrected chi connectivity index (χ4v) is 0.844. The highest BCUT2D eigenvalue weighted by atomic mass is 16.5. The Bertz CT molecular complexity index is 259. The molecule has 0 aliphatic rings. The van der Waals surface area contributed by atoms with Crippen LogP contribution in [0.1, 0.15) is 5.56 Å². The summed E-state index contributed by atoms with van der Waals surface area (Å²) in [4.78, 5) is 0. The molecule has 72 valence electrons. The fourth-order valence-electron chi connectivity index (χ4n) is 0.844. The number of rotatable bonds is 3. The molecule has 0 heterocycles. The first-order valence-electron chi connectivity index (χ1n) is 4.02. The number of hydrogen-bond acceptors (Lipinski definition) is 4. The van der Waals surface area contributed by atoms with Crippen LogP contribution in [0, 0.1) is 6.92 Å². The first kappa shape index (κ1) is 9.98. The van der Waals surface area contributed by atoms with E-state index in [1.807, 2.05) is 19.1 Å². The summed E-state index contributed by atoms with van der Waals surface area (Å²) in [6.45, 7) is 1.97. The molecule has 0 bridgehead atoms. The second kappa shape index (κ2) is 4.23. The van der Waals surface area contributed by atoms with E-state index in [1.54, 1.807) is 12.1 Å². The summed E-state index contributed by atoms with van der Waals surface area (Å²) in [5, 5.41) is 8.86. The zero-order valence-electron chi connectivity index (χ0n) is 7.47. The Labute approximate surface area is 77.1 Å². The van der Waals surface area contributed by atoms with Crippen LogP contribution in [-0.2, 0) is 0 Å². The molecule has 4 nitrogen and oxygen atoms in total. The number of aliphatic hydroxyl groups excluding tert-OH is 1. The normalized spacial score (nSPS) is 15.1. The standard InChI is InChI=1S/C9H14N2O2/c1-6-2-4-7(5-3-6)13-9(11)8(10)12/h2-5,8-9,12H,10-11H2,1H3. The van der Waals surface area contributed by atoms with Crippen LogP contribution in [0.2, 0.25) is 0 Å². The molecule has 0 aliphatic heterocycles. The molecule has 13 heavy (non-hydrogen) atoms. The molecule has 1 aromatic rings. The van der Waals surface area contributed by atoms with Crippen molar-refractivity contribution in [3.63, 3.8) is 0 Å². The van der Waals surface area contributed by atoms with Crippen LogP contribution in [-0.4, -0.2) is 17.6 Å². The van der Waals surface area contributed by atoms with Gasteiger partial charge in [0.25, 0.3) is 0 Å². The van der Waals surface area contributed by atoms with Gasteiger partial charge < -0.3 is 15.6 Å². The van der Waals surface area contributed by atoms with E-state index in [4.69, 9.17) is 21.3 Å². The number of aliphatic hydroxyl groups is 1. The lowest BCUT2D eigenvalue weighted by Gasteiger charge is -2.16. The minimum absolute atomic E-state index is 0.600. The molecule has 0 aliphatic carbocycles. The summed E-state index contributed by atoms with van der Waals surface area (Å²) in [5.41, 5.74) is 11.6. The van der Waals surface area contributed by atoms with Crippen LogP contribution in [0.15, 0.2) is 24.3 Å². The van der Waals surface area contributed by atoms with E-state index >= 15 is 0 Å². The highest BCUT2D eigenvalue weighted by molar-refractivity contribution is 5.26. The summed E-state index contributed by atoms with van der Waals surface area (Å²) < 4.78 is 5.13. The Kier molecular flexibility index (Phi) is 3.25. The molecule has 0 saturated carbocycles. The average molecular weight is 182 g/mol. The maximum absolute atomic E-state index is 8.86. The second-order valence-electron chi connectivity index (χ2n) is 2.89.